The third-order valence-electron chi connectivity index (χ3n) is 5.69. The number of carbonyl (C=O) groups is 2. The zero-order chi connectivity index (χ0) is 19.6. The van der Waals surface area contributed by atoms with Gasteiger partial charge in [0.25, 0.3) is 0 Å². The van der Waals surface area contributed by atoms with Crippen LogP contribution in [0.1, 0.15) is 46.5 Å². The summed E-state index contributed by atoms with van der Waals surface area (Å²) in [7, 11) is 0. The largest absolute Gasteiger partial charge is 0.388 e. The fourth-order valence-corrected chi connectivity index (χ4v) is 4.28. The molecule has 0 aromatic heterocycles. The highest BCUT2D eigenvalue weighted by Gasteiger charge is 2.50. The van der Waals surface area contributed by atoms with Gasteiger partial charge < -0.3 is 30.1 Å². The molecule has 0 bridgehead atoms. The van der Waals surface area contributed by atoms with Crippen molar-refractivity contribution in [3.8, 4) is 0 Å². The lowest BCUT2D eigenvalue weighted by molar-refractivity contribution is -0.130. The topological polar surface area (TPSA) is 100 Å². The van der Waals surface area contributed by atoms with E-state index in [1.807, 2.05) is 18.7 Å². The summed E-state index contributed by atoms with van der Waals surface area (Å²) in [6.07, 6.45) is 1.10. The molecule has 3 rings (SSSR count). The van der Waals surface area contributed by atoms with E-state index < -0.39 is 6.10 Å². The van der Waals surface area contributed by atoms with Gasteiger partial charge in [-0.3, -0.25) is 9.59 Å². The van der Waals surface area contributed by atoms with Gasteiger partial charge in [-0.15, -0.1) is 0 Å². The molecule has 3 aliphatic heterocycles. The number of likely N-dealkylation sites (tertiary alicyclic amines) is 1. The molecule has 0 aromatic rings. The molecule has 154 valence electrons. The Labute approximate surface area is 160 Å². The van der Waals surface area contributed by atoms with Crippen molar-refractivity contribution >= 4 is 11.8 Å². The van der Waals surface area contributed by atoms with Crippen LogP contribution in [0.15, 0.2) is 0 Å². The molecule has 2 amide bonds. The van der Waals surface area contributed by atoms with E-state index in [2.05, 4.69) is 10.6 Å². The van der Waals surface area contributed by atoms with E-state index in [0.29, 0.717) is 25.4 Å². The van der Waals surface area contributed by atoms with E-state index in [1.165, 1.54) is 0 Å². The molecule has 0 aromatic carbocycles. The van der Waals surface area contributed by atoms with Crippen LogP contribution in [-0.4, -0.2) is 84.1 Å². The second kappa shape index (κ2) is 8.86. The fraction of sp³-hybridized carbons (Fsp3) is 0.895. The Morgan fingerprint density at radius 3 is 2.52 bits per heavy atom. The first-order valence-electron chi connectivity index (χ1n) is 10.1. The number of fused-ring (bicyclic) bond motifs is 1. The summed E-state index contributed by atoms with van der Waals surface area (Å²) in [6, 6.07) is 0.447. The molecule has 0 saturated carbocycles. The molecule has 3 heterocycles. The maximum Gasteiger partial charge on any atom is 0.222 e. The average Bonchev–Trinajstić information content (AvgIpc) is 3.11. The number of aliphatic hydroxyl groups excluding tert-OH is 1. The van der Waals surface area contributed by atoms with Crippen molar-refractivity contribution in [3.05, 3.63) is 0 Å². The monoisotopic (exact) mass is 383 g/mol. The predicted molar refractivity (Wildman–Crippen MR) is 99.1 cm³/mol. The van der Waals surface area contributed by atoms with Gasteiger partial charge in [-0.2, -0.15) is 0 Å². The molecular weight excluding hydrogens is 350 g/mol. The first-order chi connectivity index (χ1) is 12.8. The second-order valence-corrected chi connectivity index (χ2v) is 8.28. The van der Waals surface area contributed by atoms with E-state index >= 15 is 0 Å². The molecule has 5 unspecified atom stereocenters. The van der Waals surface area contributed by atoms with Crippen LogP contribution in [0.25, 0.3) is 0 Å². The number of ether oxygens (including phenoxy) is 2. The van der Waals surface area contributed by atoms with Crippen LogP contribution in [0.3, 0.4) is 0 Å². The Morgan fingerprint density at radius 2 is 1.93 bits per heavy atom. The molecule has 0 spiro atoms. The van der Waals surface area contributed by atoms with Gasteiger partial charge in [0.1, 0.15) is 12.2 Å². The number of aliphatic hydroxyl groups is 1. The van der Waals surface area contributed by atoms with Gasteiger partial charge >= 0.3 is 0 Å². The maximum atomic E-state index is 11.9. The zero-order valence-corrected chi connectivity index (χ0v) is 16.5. The van der Waals surface area contributed by atoms with Crippen molar-refractivity contribution in [2.24, 2.45) is 0 Å². The summed E-state index contributed by atoms with van der Waals surface area (Å²) in [5.74, 6) is 0.101. The van der Waals surface area contributed by atoms with Gasteiger partial charge in [0.15, 0.2) is 0 Å². The summed E-state index contributed by atoms with van der Waals surface area (Å²) in [4.78, 5) is 25.1. The second-order valence-electron chi connectivity index (χ2n) is 8.28. The third kappa shape index (κ3) is 5.19. The number of hydrogen-bond donors (Lipinski definition) is 3. The summed E-state index contributed by atoms with van der Waals surface area (Å²) in [6.45, 7) is 7.58. The van der Waals surface area contributed by atoms with E-state index in [9.17, 15) is 14.7 Å². The normalized spacial score (nSPS) is 34.1. The van der Waals surface area contributed by atoms with Gasteiger partial charge in [0, 0.05) is 45.1 Å². The molecule has 0 radical (unpaired) electrons. The number of piperidine rings is 1. The van der Waals surface area contributed by atoms with E-state index in [4.69, 9.17) is 9.47 Å². The molecule has 3 aliphatic rings. The summed E-state index contributed by atoms with van der Waals surface area (Å²) in [5.41, 5.74) is 0. The molecule has 5 atom stereocenters. The number of hydrogen-bond acceptors (Lipinski definition) is 6. The molecular formula is C19H33N3O5. The SMILES string of the molecule is CC(=O)N1CCC(NCC2OC3CC(CC(=O)NC(C)C)OC3C2O)CC1. The number of nitrogens with zero attached hydrogens (tertiary/aromatic N) is 1. The molecule has 0 aliphatic carbocycles. The van der Waals surface area contributed by atoms with Gasteiger partial charge in [-0.1, -0.05) is 0 Å². The highest BCUT2D eigenvalue weighted by atomic mass is 16.6. The van der Waals surface area contributed by atoms with Crippen LogP contribution in [0.4, 0.5) is 0 Å². The Bertz CT molecular complexity index is 535. The molecule has 8 nitrogen and oxygen atoms in total. The summed E-state index contributed by atoms with van der Waals surface area (Å²) < 4.78 is 11.9. The standard InChI is InChI=1S/C19H33N3O5/c1-11(2)21-17(24)9-14-8-15-19(26-14)18(25)16(27-15)10-20-13-4-6-22(7-5-13)12(3)23/h11,13-16,18-20,25H,4-10H2,1-3H3,(H,21,24). The van der Waals surface area contributed by atoms with E-state index in [-0.39, 0.29) is 42.3 Å². The number of amides is 2. The first-order valence-corrected chi connectivity index (χ1v) is 10.1. The average molecular weight is 383 g/mol. The lowest BCUT2D eigenvalue weighted by Gasteiger charge is -2.32. The van der Waals surface area contributed by atoms with Gasteiger partial charge in [0.2, 0.25) is 11.8 Å². The van der Waals surface area contributed by atoms with Crippen LogP contribution in [0, 0.1) is 0 Å². The lowest BCUT2D eigenvalue weighted by atomic mass is 10.0. The first kappa shape index (κ1) is 20.5. The van der Waals surface area contributed by atoms with Crippen LogP contribution >= 0.6 is 0 Å². The zero-order valence-electron chi connectivity index (χ0n) is 16.5. The van der Waals surface area contributed by atoms with Crippen LogP contribution in [-0.2, 0) is 19.1 Å². The summed E-state index contributed by atoms with van der Waals surface area (Å²) in [5, 5.41) is 16.9. The van der Waals surface area contributed by atoms with Crippen molar-refractivity contribution in [2.45, 2.75) is 89.1 Å². The predicted octanol–water partition coefficient (Wildman–Crippen LogP) is -0.213. The smallest absolute Gasteiger partial charge is 0.222 e. The van der Waals surface area contributed by atoms with Crippen LogP contribution in [0.2, 0.25) is 0 Å². The Morgan fingerprint density at radius 1 is 1.22 bits per heavy atom. The fourth-order valence-electron chi connectivity index (χ4n) is 4.28. The highest BCUT2D eigenvalue weighted by molar-refractivity contribution is 5.76. The van der Waals surface area contributed by atoms with Crippen molar-refractivity contribution in [1.82, 2.24) is 15.5 Å². The van der Waals surface area contributed by atoms with Crippen molar-refractivity contribution < 1.29 is 24.2 Å². The molecule has 3 fully saturated rings. The van der Waals surface area contributed by atoms with E-state index in [1.54, 1.807) is 6.92 Å². The van der Waals surface area contributed by atoms with E-state index in [0.717, 1.165) is 25.9 Å². The molecule has 27 heavy (non-hydrogen) atoms. The van der Waals surface area contributed by atoms with Crippen LogP contribution in [0.5, 0.6) is 0 Å². The molecule has 8 heteroatoms. The minimum Gasteiger partial charge on any atom is -0.388 e. The van der Waals surface area contributed by atoms with Crippen LogP contribution < -0.4 is 10.6 Å². The van der Waals surface area contributed by atoms with Crippen molar-refractivity contribution in [1.29, 1.82) is 0 Å². The van der Waals surface area contributed by atoms with Gasteiger partial charge in [0.05, 0.1) is 24.7 Å². The van der Waals surface area contributed by atoms with Gasteiger partial charge in [-0.05, 0) is 26.7 Å². The maximum absolute atomic E-state index is 11.9. The number of carbonyl (C=O) groups excluding carboxylic acids is 2. The quantitative estimate of drug-likeness (QED) is 0.587. The Kier molecular flexibility index (Phi) is 6.73. The number of nitrogens with one attached hydrogen (secondary N) is 2. The Hall–Kier alpha value is -1.22. The van der Waals surface area contributed by atoms with Gasteiger partial charge in [-0.25, -0.2) is 0 Å². The minimum absolute atomic E-state index is 0.0282. The Balaban J connectivity index is 1.39. The lowest BCUT2D eigenvalue weighted by Crippen LogP contribution is -2.47. The minimum atomic E-state index is -0.682. The molecule has 3 saturated heterocycles. The third-order valence-corrected chi connectivity index (χ3v) is 5.69. The molecule has 3 N–H and O–H groups in total. The van der Waals surface area contributed by atoms with Crippen molar-refractivity contribution in [2.75, 3.05) is 19.6 Å². The van der Waals surface area contributed by atoms with Crippen molar-refractivity contribution in [3.63, 3.8) is 0 Å². The summed E-state index contributed by atoms with van der Waals surface area (Å²) >= 11 is 0. The number of rotatable bonds is 6. The highest BCUT2D eigenvalue weighted by Crippen LogP contribution is 2.35.